The molecule has 1 N–H and O–H groups in total. The van der Waals surface area contributed by atoms with Crippen molar-refractivity contribution in [3.05, 3.63) is 48.7 Å². The van der Waals surface area contributed by atoms with Crippen LogP contribution in [0.15, 0.2) is 43.0 Å². The average molecular weight is 427 g/mol. The summed E-state index contributed by atoms with van der Waals surface area (Å²) in [5.74, 6) is 0.514. The molecular formula is C25H26N6O. The number of fused-ring (bicyclic) bond motifs is 2. The highest BCUT2D eigenvalue weighted by Gasteiger charge is 2.35. The second-order valence-corrected chi connectivity index (χ2v) is 9.87. The Hall–Kier alpha value is -3.48. The maximum atomic E-state index is 12.4. The number of imidazole rings is 1. The number of carbonyl (C=O) groups excluding carboxylic acids is 1. The van der Waals surface area contributed by atoms with Gasteiger partial charge >= 0.3 is 0 Å². The van der Waals surface area contributed by atoms with Crippen molar-refractivity contribution >= 4 is 33.7 Å². The highest BCUT2D eigenvalue weighted by atomic mass is 16.2. The van der Waals surface area contributed by atoms with E-state index in [2.05, 4.69) is 64.6 Å². The topological polar surface area (TPSA) is 79.7 Å². The summed E-state index contributed by atoms with van der Waals surface area (Å²) >= 11 is 0. The van der Waals surface area contributed by atoms with Crippen LogP contribution in [0.25, 0.3) is 38.9 Å². The van der Waals surface area contributed by atoms with Gasteiger partial charge in [0.1, 0.15) is 5.52 Å². The Kier molecular flexibility index (Phi) is 4.06. The third-order valence-corrected chi connectivity index (χ3v) is 6.45. The molecular weight excluding hydrogens is 400 g/mol. The molecule has 32 heavy (non-hydrogen) atoms. The van der Waals surface area contributed by atoms with Crippen molar-refractivity contribution in [1.29, 1.82) is 0 Å². The first-order valence-electron chi connectivity index (χ1n) is 11.2. The fraction of sp³-hybridized carbons (Fsp3) is 0.360. The molecule has 1 aliphatic heterocycles. The van der Waals surface area contributed by atoms with Crippen LogP contribution in [0.2, 0.25) is 0 Å². The highest BCUT2D eigenvalue weighted by Crippen LogP contribution is 2.34. The highest BCUT2D eigenvalue weighted by molar-refractivity contribution is 5.94. The third kappa shape index (κ3) is 3.11. The lowest BCUT2D eigenvalue weighted by molar-refractivity contribution is -0.131. The second kappa shape index (κ2) is 6.76. The van der Waals surface area contributed by atoms with Crippen molar-refractivity contribution < 1.29 is 4.79 Å². The Labute approximate surface area is 186 Å². The van der Waals surface area contributed by atoms with E-state index in [0.29, 0.717) is 13.1 Å². The minimum Gasteiger partial charge on any atom is -0.344 e. The van der Waals surface area contributed by atoms with Crippen molar-refractivity contribution in [3.63, 3.8) is 0 Å². The second-order valence-electron chi connectivity index (χ2n) is 9.87. The fourth-order valence-electron chi connectivity index (χ4n) is 4.47. The van der Waals surface area contributed by atoms with Crippen molar-refractivity contribution in [1.82, 2.24) is 29.4 Å². The zero-order valence-electron chi connectivity index (χ0n) is 18.6. The van der Waals surface area contributed by atoms with E-state index in [1.807, 2.05) is 17.4 Å². The summed E-state index contributed by atoms with van der Waals surface area (Å²) in [6, 6.07) is 6.32. The molecule has 1 fully saturated rings. The van der Waals surface area contributed by atoms with Gasteiger partial charge in [-0.2, -0.15) is 0 Å². The molecule has 4 heterocycles. The van der Waals surface area contributed by atoms with Crippen molar-refractivity contribution in [2.75, 3.05) is 13.1 Å². The summed E-state index contributed by atoms with van der Waals surface area (Å²) in [6.07, 6.45) is 9.85. The summed E-state index contributed by atoms with van der Waals surface area (Å²) in [4.78, 5) is 31.8. The summed E-state index contributed by atoms with van der Waals surface area (Å²) in [5.41, 5.74) is 7.63. The molecule has 1 saturated carbocycles. The van der Waals surface area contributed by atoms with Crippen molar-refractivity contribution in [2.45, 2.75) is 39.2 Å². The number of hydrogen-bond acceptors (Lipinski definition) is 4. The molecule has 0 unspecified atom stereocenters. The SMILES string of the molecule is CC(C)(C)n1cnc2ccc(-c3c[nH]c4ncc(C5=CCN(C(=O)C6CC6)C5)nc34)cc21. The zero-order valence-corrected chi connectivity index (χ0v) is 18.6. The van der Waals surface area contributed by atoms with Gasteiger partial charge in [0, 0.05) is 36.3 Å². The Morgan fingerprint density at radius 2 is 2.03 bits per heavy atom. The first kappa shape index (κ1) is 19.2. The lowest BCUT2D eigenvalue weighted by atomic mass is 10.1. The Balaban J connectivity index is 1.37. The van der Waals surface area contributed by atoms with Gasteiger partial charge in [0.15, 0.2) is 5.65 Å². The molecule has 162 valence electrons. The zero-order chi connectivity index (χ0) is 22.0. The Morgan fingerprint density at radius 3 is 2.81 bits per heavy atom. The number of aromatic nitrogens is 5. The van der Waals surface area contributed by atoms with Crippen LogP contribution in [0.1, 0.15) is 39.3 Å². The van der Waals surface area contributed by atoms with Gasteiger partial charge in [-0.05, 0) is 56.9 Å². The van der Waals surface area contributed by atoms with Gasteiger partial charge in [-0.15, -0.1) is 0 Å². The molecule has 1 aliphatic carbocycles. The van der Waals surface area contributed by atoms with E-state index in [9.17, 15) is 4.79 Å². The first-order valence-corrected chi connectivity index (χ1v) is 11.2. The van der Waals surface area contributed by atoms with Crippen LogP contribution in [-0.2, 0) is 10.3 Å². The van der Waals surface area contributed by atoms with Gasteiger partial charge in [-0.1, -0.05) is 12.1 Å². The molecule has 1 aromatic carbocycles. The molecule has 0 radical (unpaired) electrons. The van der Waals surface area contributed by atoms with Gasteiger partial charge in [-0.25, -0.2) is 15.0 Å². The van der Waals surface area contributed by atoms with Crippen LogP contribution in [0, 0.1) is 5.92 Å². The van der Waals surface area contributed by atoms with Gasteiger partial charge in [0.25, 0.3) is 0 Å². The smallest absolute Gasteiger partial charge is 0.226 e. The standard InChI is InChI=1S/C25H26N6O/c1-25(2,3)31-14-28-19-7-6-16(10-21(19)31)18-11-26-23-22(18)29-20(12-27-23)17-8-9-30(13-17)24(32)15-4-5-15/h6-8,10-12,14-15H,4-5,9,13H2,1-3H3,(H,26,27). The third-order valence-electron chi connectivity index (χ3n) is 6.45. The van der Waals surface area contributed by atoms with E-state index >= 15 is 0 Å². The lowest BCUT2D eigenvalue weighted by Crippen LogP contribution is -2.30. The number of benzene rings is 1. The fourth-order valence-corrected chi connectivity index (χ4v) is 4.47. The molecule has 7 nitrogen and oxygen atoms in total. The molecule has 0 atom stereocenters. The Bertz CT molecular complexity index is 1400. The molecule has 3 aromatic heterocycles. The quantitative estimate of drug-likeness (QED) is 0.528. The van der Waals surface area contributed by atoms with E-state index in [1.165, 1.54) is 0 Å². The number of hydrogen-bond donors (Lipinski definition) is 1. The number of rotatable bonds is 3. The molecule has 0 saturated heterocycles. The largest absolute Gasteiger partial charge is 0.344 e. The average Bonchev–Trinajstić information content (AvgIpc) is 3.17. The summed E-state index contributed by atoms with van der Waals surface area (Å²) in [6.45, 7) is 7.81. The number of carbonyl (C=O) groups is 1. The van der Waals surface area contributed by atoms with E-state index in [1.54, 1.807) is 6.20 Å². The maximum Gasteiger partial charge on any atom is 0.226 e. The van der Waals surface area contributed by atoms with Crippen LogP contribution in [-0.4, -0.2) is 48.4 Å². The normalized spacial score (nSPS) is 16.8. The van der Waals surface area contributed by atoms with Crippen LogP contribution in [0.4, 0.5) is 0 Å². The summed E-state index contributed by atoms with van der Waals surface area (Å²) < 4.78 is 2.20. The van der Waals surface area contributed by atoms with Gasteiger partial charge in [-0.3, -0.25) is 4.79 Å². The van der Waals surface area contributed by atoms with E-state index in [4.69, 9.17) is 4.98 Å². The van der Waals surface area contributed by atoms with Gasteiger partial charge in [0.2, 0.25) is 5.91 Å². The molecule has 7 heteroatoms. The number of nitrogens with zero attached hydrogens (tertiary/aromatic N) is 5. The van der Waals surface area contributed by atoms with Crippen molar-refractivity contribution in [2.24, 2.45) is 5.92 Å². The monoisotopic (exact) mass is 426 g/mol. The number of amides is 1. The molecule has 2 aliphatic rings. The van der Waals surface area contributed by atoms with E-state index in [-0.39, 0.29) is 17.4 Å². The van der Waals surface area contributed by atoms with Gasteiger partial charge in [0.05, 0.1) is 29.3 Å². The molecule has 4 aromatic rings. The minimum atomic E-state index is -0.0563. The number of aromatic amines is 1. The molecule has 0 spiro atoms. The predicted molar refractivity (Wildman–Crippen MR) is 125 cm³/mol. The van der Waals surface area contributed by atoms with E-state index in [0.717, 1.165) is 57.4 Å². The molecule has 6 rings (SSSR count). The van der Waals surface area contributed by atoms with E-state index < -0.39 is 0 Å². The van der Waals surface area contributed by atoms with Crippen LogP contribution >= 0.6 is 0 Å². The summed E-state index contributed by atoms with van der Waals surface area (Å²) in [7, 11) is 0. The number of H-pyrrole nitrogens is 1. The molecule has 1 amide bonds. The maximum absolute atomic E-state index is 12.4. The van der Waals surface area contributed by atoms with Crippen LogP contribution in [0.5, 0.6) is 0 Å². The van der Waals surface area contributed by atoms with Crippen LogP contribution in [0.3, 0.4) is 0 Å². The predicted octanol–water partition coefficient (Wildman–Crippen LogP) is 4.37. The van der Waals surface area contributed by atoms with Crippen LogP contribution < -0.4 is 0 Å². The first-order chi connectivity index (χ1) is 15.4. The van der Waals surface area contributed by atoms with Gasteiger partial charge < -0.3 is 14.5 Å². The Morgan fingerprint density at radius 1 is 1.19 bits per heavy atom. The summed E-state index contributed by atoms with van der Waals surface area (Å²) in [5, 5.41) is 0. The molecule has 0 bridgehead atoms. The minimum absolute atomic E-state index is 0.0563. The van der Waals surface area contributed by atoms with Crippen molar-refractivity contribution in [3.8, 4) is 11.1 Å². The number of nitrogens with one attached hydrogen (secondary N) is 1. The lowest BCUT2D eigenvalue weighted by Gasteiger charge is -2.21.